The third kappa shape index (κ3) is 5.67. The molecule has 0 spiro atoms. The van der Waals surface area contributed by atoms with Crippen molar-refractivity contribution < 1.29 is 14.4 Å². The van der Waals surface area contributed by atoms with Gasteiger partial charge in [-0.05, 0) is 17.5 Å². The smallest absolute Gasteiger partial charge is 0.311 e. The summed E-state index contributed by atoms with van der Waals surface area (Å²) in [5, 5.41) is 5.15. The van der Waals surface area contributed by atoms with Crippen LogP contribution in [0.25, 0.3) is 0 Å². The molecule has 0 bridgehead atoms. The Morgan fingerprint density at radius 2 is 1.43 bits per heavy atom. The standard InChI is InChI=1S/C23H28N4O3/c28-18-24-12-7-13-25-22(29)23(30)27-16-14-26(15-17-27)21(19-8-3-1-4-9-19)20-10-5-2-6-11-20/h1-6,8-11,18,21H,7,12-17H2,(H,24,28)(H,25,29). The summed E-state index contributed by atoms with van der Waals surface area (Å²) in [7, 11) is 0. The predicted molar refractivity (Wildman–Crippen MR) is 115 cm³/mol. The number of carbonyl (C=O) groups excluding carboxylic acids is 3. The highest BCUT2D eigenvalue weighted by atomic mass is 16.2. The van der Waals surface area contributed by atoms with Gasteiger partial charge in [-0.25, -0.2) is 0 Å². The Balaban J connectivity index is 1.58. The maximum atomic E-state index is 12.5. The Kier molecular flexibility index (Phi) is 7.97. The van der Waals surface area contributed by atoms with Crippen molar-refractivity contribution in [1.82, 2.24) is 20.4 Å². The summed E-state index contributed by atoms with van der Waals surface area (Å²) >= 11 is 0. The fraction of sp³-hybridized carbons (Fsp3) is 0.348. The van der Waals surface area contributed by atoms with E-state index < -0.39 is 11.8 Å². The van der Waals surface area contributed by atoms with E-state index >= 15 is 0 Å². The molecule has 0 atom stereocenters. The van der Waals surface area contributed by atoms with Crippen LogP contribution in [0, 0.1) is 0 Å². The lowest BCUT2D eigenvalue weighted by atomic mass is 9.96. The summed E-state index contributed by atoms with van der Waals surface area (Å²) in [4.78, 5) is 38.8. The molecule has 7 heteroatoms. The first-order valence-corrected chi connectivity index (χ1v) is 10.3. The van der Waals surface area contributed by atoms with Crippen LogP contribution in [0.2, 0.25) is 0 Å². The molecule has 1 saturated heterocycles. The molecule has 0 aliphatic carbocycles. The Bertz CT molecular complexity index is 781. The zero-order chi connectivity index (χ0) is 21.2. The van der Waals surface area contributed by atoms with Crippen LogP contribution in [0.5, 0.6) is 0 Å². The minimum atomic E-state index is -0.586. The zero-order valence-electron chi connectivity index (χ0n) is 17.0. The second-order valence-electron chi connectivity index (χ2n) is 7.23. The summed E-state index contributed by atoms with van der Waals surface area (Å²) < 4.78 is 0. The van der Waals surface area contributed by atoms with Gasteiger partial charge in [-0.1, -0.05) is 60.7 Å². The van der Waals surface area contributed by atoms with E-state index in [9.17, 15) is 14.4 Å². The van der Waals surface area contributed by atoms with Crippen LogP contribution in [-0.4, -0.2) is 67.3 Å². The Morgan fingerprint density at radius 1 is 0.867 bits per heavy atom. The average Bonchev–Trinajstić information content (AvgIpc) is 2.80. The van der Waals surface area contributed by atoms with Gasteiger partial charge >= 0.3 is 11.8 Å². The molecule has 1 heterocycles. The molecule has 0 unspecified atom stereocenters. The summed E-state index contributed by atoms with van der Waals surface area (Å²) in [6.45, 7) is 3.23. The van der Waals surface area contributed by atoms with Crippen LogP contribution in [0.15, 0.2) is 60.7 Å². The van der Waals surface area contributed by atoms with E-state index in [2.05, 4.69) is 39.8 Å². The molecule has 158 valence electrons. The van der Waals surface area contributed by atoms with Gasteiger partial charge in [0.2, 0.25) is 6.41 Å². The van der Waals surface area contributed by atoms with Crippen molar-refractivity contribution in [1.29, 1.82) is 0 Å². The van der Waals surface area contributed by atoms with Gasteiger partial charge < -0.3 is 15.5 Å². The van der Waals surface area contributed by atoms with Gasteiger partial charge in [-0.2, -0.15) is 0 Å². The lowest BCUT2D eigenvalue weighted by molar-refractivity contribution is -0.147. The fourth-order valence-corrected chi connectivity index (χ4v) is 3.74. The predicted octanol–water partition coefficient (Wildman–Crippen LogP) is 1.17. The molecule has 2 aromatic rings. The highest BCUT2D eigenvalue weighted by Gasteiger charge is 2.30. The number of carbonyl (C=O) groups is 3. The highest BCUT2D eigenvalue weighted by molar-refractivity contribution is 6.35. The van der Waals surface area contributed by atoms with Crippen LogP contribution in [0.3, 0.4) is 0 Å². The monoisotopic (exact) mass is 408 g/mol. The molecule has 3 rings (SSSR count). The van der Waals surface area contributed by atoms with Gasteiger partial charge in [0, 0.05) is 39.3 Å². The largest absolute Gasteiger partial charge is 0.359 e. The number of nitrogens with one attached hydrogen (secondary N) is 2. The molecule has 0 aromatic heterocycles. The van der Waals surface area contributed by atoms with Crippen molar-refractivity contribution in [3.63, 3.8) is 0 Å². The minimum Gasteiger partial charge on any atom is -0.359 e. The van der Waals surface area contributed by atoms with Crippen molar-refractivity contribution in [2.24, 2.45) is 0 Å². The quantitative estimate of drug-likeness (QED) is 0.390. The van der Waals surface area contributed by atoms with E-state index in [1.54, 1.807) is 4.90 Å². The van der Waals surface area contributed by atoms with Crippen LogP contribution in [0.4, 0.5) is 0 Å². The molecule has 30 heavy (non-hydrogen) atoms. The van der Waals surface area contributed by atoms with E-state index in [1.165, 1.54) is 11.1 Å². The second kappa shape index (κ2) is 11.1. The van der Waals surface area contributed by atoms with Crippen molar-refractivity contribution in [3.05, 3.63) is 71.8 Å². The molecule has 7 nitrogen and oxygen atoms in total. The summed E-state index contributed by atoms with van der Waals surface area (Å²) in [5.41, 5.74) is 2.43. The first-order valence-electron chi connectivity index (χ1n) is 10.3. The fourth-order valence-electron chi connectivity index (χ4n) is 3.74. The molecule has 0 radical (unpaired) electrons. The van der Waals surface area contributed by atoms with Gasteiger partial charge in [0.25, 0.3) is 0 Å². The lowest BCUT2D eigenvalue weighted by Crippen LogP contribution is -2.53. The molecule has 0 saturated carbocycles. The number of amides is 3. The Hall–Kier alpha value is -3.19. The summed E-state index contributed by atoms with van der Waals surface area (Å²) in [5.74, 6) is -1.08. The third-order valence-corrected chi connectivity index (χ3v) is 5.26. The average molecular weight is 409 g/mol. The minimum absolute atomic E-state index is 0.115. The van der Waals surface area contributed by atoms with Gasteiger partial charge in [-0.15, -0.1) is 0 Å². The normalized spacial score (nSPS) is 14.4. The van der Waals surface area contributed by atoms with E-state index in [0.717, 1.165) is 0 Å². The molecular formula is C23H28N4O3. The van der Waals surface area contributed by atoms with Crippen LogP contribution >= 0.6 is 0 Å². The lowest BCUT2D eigenvalue weighted by Gasteiger charge is -2.39. The zero-order valence-corrected chi connectivity index (χ0v) is 17.0. The number of piperazine rings is 1. The number of rotatable bonds is 8. The van der Waals surface area contributed by atoms with E-state index in [1.807, 2.05) is 36.4 Å². The topological polar surface area (TPSA) is 81.8 Å². The van der Waals surface area contributed by atoms with Gasteiger partial charge in [0.05, 0.1) is 6.04 Å². The van der Waals surface area contributed by atoms with Crippen molar-refractivity contribution >= 4 is 18.2 Å². The molecule has 1 aliphatic heterocycles. The number of hydrogen-bond donors (Lipinski definition) is 2. The molecule has 2 N–H and O–H groups in total. The molecule has 1 aliphatic rings. The first kappa shape index (κ1) is 21.5. The van der Waals surface area contributed by atoms with Gasteiger partial charge in [-0.3, -0.25) is 19.3 Å². The SMILES string of the molecule is O=CNCCCNC(=O)C(=O)N1CCN(C(c2ccccc2)c2ccccc2)CC1. The van der Waals surface area contributed by atoms with Gasteiger partial charge in [0.1, 0.15) is 0 Å². The first-order chi connectivity index (χ1) is 14.7. The number of benzene rings is 2. The number of hydrogen-bond acceptors (Lipinski definition) is 4. The molecule has 2 aromatic carbocycles. The van der Waals surface area contributed by atoms with Crippen molar-refractivity contribution in [2.75, 3.05) is 39.3 Å². The van der Waals surface area contributed by atoms with Crippen LogP contribution in [-0.2, 0) is 14.4 Å². The van der Waals surface area contributed by atoms with E-state index in [-0.39, 0.29) is 6.04 Å². The second-order valence-corrected chi connectivity index (χ2v) is 7.23. The van der Waals surface area contributed by atoms with E-state index in [4.69, 9.17) is 0 Å². The number of nitrogens with zero attached hydrogens (tertiary/aromatic N) is 2. The van der Waals surface area contributed by atoms with Crippen LogP contribution in [0.1, 0.15) is 23.6 Å². The van der Waals surface area contributed by atoms with Crippen molar-refractivity contribution in [3.8, 4) is 0 Å². The Morgan fingerprint density at radius 3 is 1.97 bits per heavy atom. The maximum absolute atomic E-state index is 12.5. The summed E-state index contributed by atoms with van der Waals surface area (Å²) in [6.07, 6.45) is 1.20. The van der Waals surface area contributed by atoms with E-state index in [0.29, 0.717) is 52.1 Å². The molecule has 1 fully saturated rings. The summed E-state index contributed by atoms with van der Waals surface area (Å²) in [6, 6.07) is 20.8. The highest BCUT2D eigenvalue weighted by Crippen LogP contribution is 2.29. The molecule has 3 amide bonds. The van der Waals surface area contributed by atoms with Crippen LogP contribution < -0.4 is 10.6 Å². The third-order valence-electron chi connectivity index (χ3n) is 5.26. The van der Waals surface area contributed by atoms with Crippen molar-refractivity contribution in [2.45, 2.75) is 12.5 Å². The Labute approximate surface area is 177 Å². The molecular weight excluding hydrogens is 380 g/mol. The maximum Gasteiger partial charge on any atom is 0.311 e. The van der Waals surface area contributed by atoms with Gasteiger partial charge in [0.15, 0.2) is 0 Å².